The maximum absolute atomic E-state index is 12.4. The lowest BCUT2D eigenvalue weighted by molar-refractivity contribution is -0.137. The van der Waals surface area contributed by atoms with Crippen molar-refractivity contribution in [2.45, 2.75) is 19.8 Å². The topological polar surface area (TPSA) is 102 Å². The highest BCUT2D eigenvalue weighted by molar-refractivity contribution is 5.93. The number of nitrogens with zero attached hydrogens (tertiary/aromatic N) is 3. The van der Waals surface area contributed by atoms with Crippen LogP contribution >= 0.6 is 0 Å². The number of carbonyl (C=O) groups excluding carboxylic acids is 1. The fourth-order valence-corrected chi connectivity index (χ4v) is 1.94. The Morgan fingerprint density at radius 3 is 2.38 bits per heavy atom. The van der Waals surface area contributed by atoms with Gasteiger partial charge in [0.05, 0.1) is 6.42 Å². The summed E-state index contributed by atoms with van der Waals surface area (Å²) < 4.78 is 2.00. The van der Waals surface area contributed by atoms with E-state index in [2.05, 4.69) is 0 Å². The number of carbonyl (C=O) groups is 2. The highest BCUT2D eigenvalue weighted by atomic mass is 16.4. The van der Waals surface area contributed by atoms with Gasteiger partial charge in [0.2, 0.25) is 0 Å². The van der Waals surface area contributed by atoms with Gasteiger partial charge in [0.15, 0.2) is 0 Å². The Labute approximate surface area is 121 Å². The fraction of sp³-hybridized carbons (Fsp3) is 0.538. The Hall–Kier alpha value is -2.38. The third-order valence-electron chi connectivity index (χ3n) is 3.05. The van der Waals surface area contributed by atoms with Crippen molar-refractivity contribution in [2.75, 3.05) is 13.1 Å². The molecule has 0 fully saturated rings. The first-order valence-corrected chi connectivity index (χ1v) is 6.57. The van der Waals surface area contributed by atoms with E-state index in [4.69, 9.17) is 5.11 Å². The Morgan fingerprint density at radius 2 is 1.86 bits per heavy atom. The van der Waals surface area contributed by atoms with Crippen LogP contribution in [0.3, 0.4) is 0 Å². The molecule has 0 saturated carbocycles. The van der Waals surface area contributed by atoms with Gasteiger partial charge in [-0.25, -0.2) is 4.79 Å². The lowest BCUT2D eigenvalue weighted by atomic mass is 10.2. The highest BCUT2D eigenvalue weighted by Gasteiger charge is 2.21. The van der Waals surface area contributed by atoms with Crippen LogP contribution in [-0.2, 0) is 18.9 Å². The van der Waals surface area contributed by atoms with Crippen molar-refractivity contribution in [3.8, 4) is 0 Å². The molecule has 21 heavy (non-hydrogen) atoms. The van der Waals surface area contributed by atoms with Gasteiger partial charge in [-0.05, 0) is 6.42 Å². The number of hydrogen-bond donors (Lipinski definition) is 1. The number of rotatable bonds is 6. The molecule has 0 aromatic carbocycles. The molecule has 8 heteroatoms. The van der Waals surface area contributed by atoms with Crippen molar-refractivity contribution < 1.29 is 14.7 Å². The average Bonchev–Trinajstić information content (AvgIpc) is 2.44. The SMILES string of the molecule is CCCN(CCC(=O)O)C(=O)c1cn(C)c(=O)n(C)c1=O. The molecule has 0 aliphatic rings. The first-order valence-electron chi connectivity index (χ1n) is 6.57. The minimum atomic E-state index is -1.02. The summed E-state index contributed by atoms with van der Waals surface area (Å²) in [5.41, 5.74) is -1.35. The van der Waals surface area contributed by atoms with Crippen molar-refractivity contribution >= 4 is 11.9 Å². The Bertz CT molecular complexity index is 659. The van der Waals surface area contributed by atoms with E-state index in [1.807, 2.05) is 6.92 Å². The first kappa shape index (κ1) is 16.7. The predicted molar refractivity (Wildman–Crippen MR) is 75.4 cm³/mol. The van der Waals surface area contributed by atoms with Crippen molar-refractivity contribution in [3.63, 3.8) is 0 Å². The van der Waals surface area contributed by atoms with Crippen LogP contribution in [0.2, 0.25) is 0 Å². The number of carboxylic acid groups (broad SMARTS) is 1. The Kier molecular flexibility index (Phi) is 5.45. The Balaban J connectivity index is 3.18. The summed E-state index contributed by atoms with van der Waals surface area (Å²) in [6, 6.07) is 0. The zero-order valence-corrected chi connectivity index (χ0v) is 12.3. The molecule has 0 bridgehead atoms. The molecule has 116 valence electrons. The van der Waals surface area contributed by atoms with Crippen LogP contribution in [0.15, 0.2) is 15.8 Å². The monoisotopic (exact) mass is 297 g/mol. The van der Waals surface area contributed by atoms with Crippen molar-refractivity contribution in [1.29, 1.82) is 0 Å². The lowest BCUT2D eigenvalue weighted by Crippen LogP contribution is -2.43. The number of hydrogen-bond acceptors (Lipinski definition) is 4. The molecule has 1 N–H and O–H groups in total. The number of aryl methyl sites for hydroxylation is 1. The summed E-state index contributed by atoms with van der Waals surface area (Å²) in [6.45, 7) is 2.21. The van der Waals surface area contributed by atoms with Crippen LogP contribution in [0, 0.1) is 0 Å². The van der Waals surface area contributed by atoms with Crippen LogP contribution in [0.5, 0.6) is 0 Å². The van der Waals surface area contributed by atoms with Gasteiger partial charge in [-0.2, -0.15) is 0 Å². The largest absolute Gasteiger partial charge is 0.481 e. The van der Waals surface area contributed by atoms with Crippen LogP contribution in [0.1, 0.15) is 30.1 Å². The number of aromatic nitrogens is 2. The molecule has 0 unspecified atom stereocenters. The molecule has 0 aliphatic carbocycles. The first-order chi connectivity index (χ1) is 9.79. The van der Waals surface area contributed by atoms with Crippen molar-refractivity contribution in [1.82, 2.24) is 14.0 Å². The molecule has 1 aromatic heterocycles. The van der Waals surface area contributed by atoms with Crippen molar-refractivity contribution in [3.05, 3.63) is 32.6 Å². The van der Waals surface area contributed by atoms with E-state index < -0.39 is 23.1 Å². The highest BCUT2D eigenvalue weighted by Crippen LogP contribution is 2.02. The quantitative estimate of drug-likeness (QED) is 0.756. The third-order valence-corrected chi connectivity index (χ3v) is 3.05. The summed E-state index contributed by atoms with van der Waals surface area (Å²) in [5.74, 6) is -1.58. The van der Waals surface area contributed by atoms with E-state index in [0.29, 0.717) is 13.0 Å². The van der Waals surface area contributed by atoms with Gasteiger partial charge >= 0.3 is 11.7 Å². The van der Waals surface area contributed by atoms with Gasteiger partial charge in [-0.15, -0.1) is 0 Å². The maximum atomic E-state index is 12.4. The third kappa shape index (κ3) is 3.80. The van der Waals surface area contributed by atoms with E-state index in [-0.39, 0.29) is 18.5 Å². The van der Waals surface area contributed by atoms with Crippen LogP contribution in [-0.4, -0.2) is 44.1 Å². The molecule has 0 saturated heterocycles. The van der Waals surface area contributed by atoms with Crippen molar-refractivity contribution in [2.24, 2.45) is 14.1 Å². The van der Waals surface area contributed by atoms with Gasteiger partial charge in [-0.3, -0.25) is 19.0 Å². The standard InChI is InChI=1S/C13H19N3O5/c1-4-6-16(7-5-10(17)18)12(20)9-8-14(2)13(21)15(3)11(9)19/h8H,4-7H2,1-3H3,(H,17,18). The molecule has 1 heterocycles. The van der Waals surface area contributed by atoms with E-state index >= 15 is 0 Å². The predicted octanol–water partition coefficient (Wildman–Crippen LogP) is -0.589. The molecule has 0 radical (unpaired) electrons. The van der Waals surface area contributed by atoms with Crippen LogP contribution in [0.4, 0.5) is 0 Å². The molecular weight excluding hydrogens is 278 g/mol. The van der Waals surface area contributed by atoms with E-state index in [9.17, 15) is 19.2 Å². The second-order valence-corrected chi connectivity index (χ2v) is 4.74. The summed E-state index contributed by atoms with van der Waals surface area (Å²) in [5, 5.41) is 8.71. The van der Waals surface area contributed by atoms with E-state index in [1.165, 1.54) is 25.2 Å². The molecule has 0 atom stereocenters. The second kappa shape index (κ2) is 6.87. The number of aliphatic carboxylic acids is 1. The maximum Gasteiger partial charge on any atom is 0.330 e. The van der Waals surface area contributed by atoms with Crippen LogP contribution < -0.4 is 11.2 Å². The van der Waals surface area contributed by atoms with Gasteiger partial charge in [0.25, 0.3) is 11.5 Å². The van der Waals surface area contributed by atoms with Gasteiger partial charge in [0.1, 0.15) is 5.56 Å². The summed E-state index contributed by atoms with van der Waals surface area (Å²) in [6.07, 6.45) is 1.63. The number of amides is 1. The summed E-state index contributed by atoms with van der Waals surface area (Å²) in [4.78, 5) is 48.0. The minimum Gasteiger partial charge on any atom is -0.481 e. The molecule has 0 aliphatic heterocycles. The summed E-state index contributed by atoms with van der Waals surface area (Å²) in [7, 11) is 2.74. The molecule has 8 nitrogen and oxygen atoms in total. The normalized spacial score (nSPS) is 10.4. The van der Waals surface area contributed by atoms with Crippen LogP contribution in [0.25, 0.3) is 0 Å². The zero-order valence-electron chi connectivity index (χ0n) is 12.3. The molecule has 0 spiro atoms. The van der Waals surface area contributed by atoms with Gasteiger partial charge < -0.3 is 14.6 Å². The van der Waals surface area contributed by atoms with E-state index in [0.717, 1.165) is 9.13 Å². The lowest BCUT2D eigenvalue weighted by Gasteiger charge is -2.21. The molecule has 1 aromatic rings. The minimum absolute atomic E-state index is 0.0218. The second-order valence-electron chi connectivity index (χ2n) is 4.74. The smallest absolute Gasteiger partial charge is 0.330 e. The van der Waals surface area contributed by atoms with Gasteiger partial charge in [0, 0.05) is 33.4 Å². The van der Waals surface area contributed by atoms with Gasteiger partial charge in [-0.1, -0.05) is 6.92 Å². The molecule has 1 amide bonds. The zero-order chi connectivity index (χ0) is 16.2. The molecule has 1 rings (SSSR count). The average molecular weight is 297 g/mol. The van der Waals surface area contributed by atoms with E-state index in [1.54, 1.807) is 0 Å². The summed E-state index contributed by atoms with van der Waals surface area (Å²) >= 11 is 0. The molecular formula is C13H19N3O5. The fourth-order valence-electron chi connectivity index (χ4n) is 1.94. The Morgan fingerprint density at radius 1 is 1.24 bits per heavy atom. The number of carboxylic acids is 1.